The minimum Gasteiger partial charge on any atom is -0.261 e. The molecule has 0 N–H and O–H groups in total. The highest BCUT2D eigenvalue weighted by Crippen LogP contribution is 2.00. The van der Waals surface area contributed by atoms with E-state index in [1.807, 2.05) is 44.3 Å². The smallest absolute Gasteiger partial charge is 0.0444 e. The molecule has 0 saturated heterocycles. The SMILES string of the molecule is C/C=C\N=C(/C)c1ccccc1. The van der Waals surface area contributed by atoms with Crippen LogP contribution in [0.5, 0.6) is 0 Å². The Bertz CT molecular complexity index is 283. The number of hydrogen-bond acceptors (Lipinski definition) is 1. The van der Waals surface area contributed by atoms with Crippen molar-refractivity contribution in [2.24, 2.45) is 4.99 Å². The summed E-state index contributed by atoms with van der Waals surface area (Å²) in [4.78, 5) is 4.25. The Hall–Kier alpha value is -1.37. The molecule has 0 bridgehead atoms. The summed E-state index contributed by atoms with van der Waals surface area (Å²) < 4.78 is 0. The highest BCUT2D eigenvalue weighted by molar-refractivity contribution is 5.98. The zero-order chi connectivity index (χ0) is 8.81. The van der Waals surface area contributed by atoms with Crippen molar-refractivity contribution < 1.29 is 0 Å². The van der Waals surface area contributed by atoms with Gasteiger partial charge in [-0.25, -0.2) is 0 Å². The molecule has 0 amide bonds. The van der Waals surface area contributed by atoms with Crippen LogP contribution in [0.4, 0.5) is 0 Å². The number of hydrogen-bond donors (Lipinski definition) is 0. The van der Waals surface area contributed by atoms with Crippen LogP contribution in [0.3, 0.4) is 0 Å². The van der Waals surface area contributed by atoms with Crippen LogP contribution in [0.15, 0.2) is 47.6 Å². The molecule has 0 fully saturated rings. The summed E-state index contributed by atoms with van der Waals surface area (Å²) in [5.74, 6) is 0. The Labute approximate surface area is 73.5 Å². The van der Waals surface area contributed by atoms with Crippen molar-refractivity contribution in [1.82, 2.24) is 0 Å². The van der Waals surface area contributed by atoms with E-state index in [1.54, 1.807) is 0 Å². The van der Waals surface area contributed by atoms with Gasteiger partial charge in [-0.3, -0.25) is 4.99 Å². The molecule has 0 aliphatic heterocycles. The van der Waals surface area contributed by atoms with Crippen molar-refractivity contribution >= 4 is 5.71 Å². The Morgan fingerprint density at radius 2 is 1.92 bits per heavy atom. The second-order valence-electron chi connectivity index (χ2n) is 2.56. The Balaban J connectivity index is 2.85. The van der Waals surface area contributed by atoms with Crippen LogP contribution in [-0.4, -0.2) is 5.71 Å². The van der Waals surface area contributed by atoms with Crippen LogP contribution in [0.1, 0.15) is 19.4 Å². The van der Waals surface area contributed by atoms with Gasteiger partial charge in [0.2, 0.25) is 0 Å². The Kier molecular flexibility index (Phi) is 3.27. The minimum absolute atomic E-state index is 1.05. The van der Waals surface area contributed by atoms with Crippen LogP contribution in [0, 0.1) is 0 Å². The highest BCUT2D eigenvalue weighted by atomic mass is 14.7. The van der Waals surface area contributed by atoms with Gasteiger partial charge in [-0.1, -0.05) is 36.4 Å². The standard InChI is InChI=1S/C11H13N/c1-3-9-12-10(2)11-7-5-4-6-8-11/h3-9H,1-2H3/b9-3-,12-10+. The van der Waals surface area contributed by atoms with Gasteiger partial charge in [0.25, 0.3) is 0 Å². The summed E-state index contributed by atoms with van der Waals surface area (Å²) in [6.07, 6.45) is 3.73. The predicted octanol–water partition coefficient (Wildman–Crippen LogP) is 3.03. The summed E-state index contributed by atoms with van der Waals surface area (Å²) in [6.45, 7) is 3.97. The number of nitrogens with zero attached hydrogens (tertiary/aromatic N) is 1. The van der Waals surface area contributed by atoms with E-state index >= 15 is 0 Å². The van der Waals surface area contributed by atoms with Crippen molar-refractivity contribution in [2.45, 2.75) is 13.8 Å². The van der Waals surface area contributed by atoms with Crippen LogP contribution in [0.2, 0.25) is 0 Å². The van der Waals surface area contributed by atoms with Crippen molar-refractivity contribution in [3.63, 3.8) is 0 Å². The van der Waals surface area contributed by atoms with Gasteiger partial charge in [0.1, 0.15) is 0 Å². The molecule has 1 rings (SSSR count). The maximum Gasteiger partial charge on any atom is 0.0444 e. The molecule has 0 heterocycles. The number of allylic oxidation sites excluding steroid dienone is 1. The molecule has 1 heteroatoms. The number of aliphatic imine (C=N–C) groups is 1. The van der Waals surface area contributed by atoms with Crippen LogP contribution in [-0.2, 0) is 0 Å². The highest BCUT2D eigenvalue weighted by Gasteiger charge is 1.91. The fraction of sp³-hybridized carbons (Fsp3) is 0.182. The summed E-state index contributed by atoms with van der Waals surface area (Å²) in [7, 11) is 0. The molecule has 0 saturated carbocycles. The third-order valence-corrected chi connectivity index (χ3v) is 1.61. The third kappa shape index (κ3) is 2.35. The zero-order valence-corrected chi connectivity index (χ0v) is 7.49. The molecule has 0 atom stereocenters. The first-order chi connectivity index (χ1) is 5.84. The molecule has 1 nitrogen and oxygen atoms in total. The first kappa shape index (κ1) is 8.72. The van der Waals surface area contributed by atoms with Crippen molar-refractivity contribution in [1.29, 1.82) is 0 Å². The molecular weight excluding hydrogens is 146 g/mol. The van der Waals surface area contributed by atoms with E-state index in [-0.39, 0.29) is 0 Å². The first-order valence-electron chi connectivity index (χ1n) is 4.05. The quantitative estimate of drug-likeness (QED) is 0.588. The fourth-order valence-electron chi connectivity index (χ4n) is 0.940. The van der Waals surface area contributed by atoms with E-state index in [4.69, 9.17) is 0 Å². The lowest BCUT2D eigenvalue weighted by Gasteiger charge is -1.96. The Morgan fingerprint density at radius 1 is 1.25 bits per heavy atom. The second kappa shape index (κ2) is 4.50. The molecule has 0 aliphatic carbocycles. The van der Waals surface area contributed by atoms with E-state index in [9.17, 15) is 0 Å². The van der Waals surface area contributed by atoms with Gasteiger partial charge in [0.15, 0.2) is 0 Å². The van der Waals surface area contributed by atoms with Crippen LogP contribution < -0.4 is 0 Å². The van der Waals surface area contributed by atoms with E-state index in [0.717, 1.165) is 5.71 Å². The van der Waals surface area contributed by atoms with E-state index in [2.05, 4.69) is 17.1 Å². The molecular formula is C11H13N. The average molecular weight is 159 g/mol. The molecule has 0 spiro atoms. The van der Waals surface area contributed by atoms with Gasteiger partial charge in [-0.2, -0.15) is 0 Å². The van der Waals surface area contributed by atoms with Gasteiger partial charge in [0.05, 0.1) is 0 Å². The van der Waals surface area contributed by atoms with Crippen molar-refractivity contribution in [2.75, 3.05) is 0 Å². The first-order valence-corrected chi connectivity index (χ1v) is 4.05. The van der Waals surface area contributed by atoms with E-state index < -0.39 is 0 Å². The number of benzene rings is 1. The van der Waals surface area contributed by atoms with E-state index in [1.165, 1.54) is 5.56 Å². The van der Waals surface area contributed by atoms with Gasteiger partial charge in [0, 0.05) is 11.9 Å². The van der Waals surface area contributed by atoms with Crippen LogP contribution >= 0.6 is 0 Å². The minimum atomic E-state index is 1.05. The molecule has 0 radical (unpaired) electrons. The molecule has 1 aromatic rings. The zero-order valence-electron chi connectivity index (χ0n) is 7.49. The summed E-state index contributed by atoms with van der Waals surface area (Å²) in [5, 5.41) is 0. The third-order valence-electron chi connectivity index (χ3n) is 1.61. The molecule has 1 aromatic carbocycles. The van der Waals surface area contributed by atoms with Gasteiger partial charge in [-0.15, -0.1) is 0 Å². The van der Waals surface area contributed by atoms with Gasteiger partial charge in [-0.05, 0) is 19.4 Å². The molecule has 0 unspecified atom stereocenters. The summed E-state index contributed by atoms with van der Waals surface area (Å²) in [5.41, 5.74) is 2.23. The fourth-order valence-corrected chi connectivity index (χ4v) is 0.940. The summed E-state index contributed by atoms with van der Waals surface area (Å²) >= 11 is 0. The average Bonchev–Trinajstić information content (AvgIpc) is 2.15. The van der Waals surface area contributed by atoms with Gasteiger partial charge < -0.3 is 0 Å². The largest absolute Gasteiger partial charge is 0.261 e. The monoisotopic (exact) mass is 159 g/mol. The van der Waals surface area contributed by atoms with Gasteiger partial charge >= 0.3 is 0 Å². The number of rotatable bonds is 2. The molecule has 0 aromatic heterocycles. The molecule has 12 heavy (non-hydrogen) atoms. The lowest BCUT2D eigenvalue weighted by molar-refractivity contribution is 1.47. The lowest BCUT2D eigenvalue weighted by atomic mass is 10.1. The van der Waals surface area contributed by atoms with Crippen molar-refractivity contribution in [3.8, 4) is 0 Å². The summed E-state index contributed by atoms with van der Waals surface area (Å²) in [6, 6.07) is 10.2. The lowest BCUT2D eigenvalue weighted by Crippen LogP contribution is -1.91. The normalized spacial score (nSPS) is 12.3. The topological polar surface area (TPSA) is 12.4 Å². The van der Waals surface area contributed by atoms with Crippen LogP contribution in [0.25, 0.3) is 0 Å². The maximum absolute atomic E-state index is 4.25. The second-order valence-corrected chi connectivity index (χ2v) is 2.56. The Morgan fingerprint density at radius 3 is 2.50 bits per heavy atom. The van der Waals surface area contributed by atoms with Crippen molar-refractivity contribution in [3.05, 3.63) is 48.2 Å². The molecule has 62 valence electrons. The molecule has 0 aliphatic rings. The predicted molar refractivity (Wildman–Crippen MR) is 53.5 cm³/mol. The van der Waals surface area contributed by atoms with E-state index in [0.29, 0.717) is 0 Å². The maximum atomic E-state index is 4.25.